The van der Waals surface area contributed by atoms with Crippen LogP contribution in [0.3, 0.4) is 0 Å². The van der Waals surface area contributed by atoms with Crippen LogP contribution in [-0.2, 0) is 6.42 Å². The first-order chi connectivity index (χ1) is 10.2. The summed E-state index contributed by atoms with van der Waals surface area (Å²) < 4.78 is 12.2. The first-order valence-corrected chi connectivity index (χ1v) is 7.94. The van der Waals surface area contributed by atoms with Gasteiger partial charge in [0.25, 0.3) is 5.56 Å². The van der Waals surface area contributed by atoms with Crippen LogP contribution in [0.5, 0.6) is 11.5 Å². The van der Waals surface area contributed by atoms with Gasteiger partial charge < -0.3 is 14.5 Å². The molecule has 21 heavy (non-hydrogen) atoms. The molecule has 1 N–H and O–H groups in total. The molecular weight excluding hydrogens is 383 g/mol. The summed E-state index contributed by atoms with van der Waals surface area (Å²) in [5.74, 6) is 1.92. The number of H-pyrrole nitrogens is 1. The van der Waals surface area contributed by atoms with Crippen molar-refractivity contribution in [3.63, 3.8) is 0 Å². The highest BCUT2D eigenvalue weighted by Gasteiger charge is 2.25. The van der Waals surface area contributed by atoms with Crippen LogP contribution in [0.4, 0.5) is 0 Å². The molecule has 2 heterocycles. The van der Waals surface area contributed by atoms with Crippen LogP contribution in [0.2, 0.25) is 0 Å². The van der Waals surface area contributed by atoms with Crippen molar-refractivity contribution in [2.45, 2.75) is 25.9 Å². The van der Waals surface area contributed by atoms with Gasteiger partial charge in [0, 0.05) is 0 Å². The first-order valence-electron chi connectivity index (χ1n) is 6.86. The molecule has 1 aliphatic rings. The molecule has 6 heteroatoms. The molecule has 1 aliphatic heterocycles. The summed E-state index contributed by atoms with van der Waals surface area (Å²) in [6.07, 6.45) is 1.33. The van der Waals surface area contributed by atoms with Crippen LogP contribution in [-0.4, -0.2) is 16.6 Å². The first kappa shape index (κ1) is 14.4. The Morgan fingerprint density at radius 1 is 1.38 bits per heavy atom. The number of nitrogens with one attached hydrogen (secondary N) is 1. The minimum atomic E-state index is -0.389. The molecule has 3 rings (SSSR count). The summed E-state index contributed by atoms with van der Waals surface area (Å²) in [6, 6.07) is 7.49. The van der Waals surface area contributed by atoms with Crippen LogP contribution in [0, 0.1) is 3.57 Å². The molecule has 0 amide bonds. The van der Waals surface area contributed by atoms with E-state index in [2.05, 4.69) is 16.9 Å². The minimum Gasteiger partial charge on any atom is -0.485 e. The van der Waals surface area contributed by atoms with Gasteiger partial charge in [-0.05, 0) is 41.1 Å². The van der Waals surface area contributed by atoms with E-state index >= 15 is 0 Å². The molecule has 0 aliphatic carbocycles. The number of halogens is 1. The number of aromatic nitrogens is 2. The maximum atomic E-state index is 12.0. The summed E-state index contributed by atoms with van der Waals surface area (Å²) in [5.41, 5.74) is 0.700. The largest absolute Gasteiger partial charge is 0.485 e. The van der Waals surface area contributed by atoms with Crippen molar-refractivity contribution in [3.8, 4) is 11.5 Å². The minimum absolute atomic E-state index is 0.119. The Hall–Kier alpha value is -1.57. The Morgan fingerprint density at radius 3 is 2.90 bits per heavy atom. The highest BCUT2D eigenvalue weighted by atomic mass is 127. The fraction of sp³-hybridized carbons (Fsp3) is 0.333. The average molecular weight is 398 g/mol. The molecule has 0 spiro atoms. The van der Waals surface area contributed by atoms with E-state index in [1.54, 1.807) is 0 Å². The van der Waals surface area contributed by atoms with Gasteiger partial charge in [0.2, 0.25) is 0 Å². The maximum absolute atomic E-state index is 12.0. The zero-order chi connectivity index (χ0) is 14.8. The number of nitrogens with zero attached hydrogens (tertiary/aromatic N) is 1. The monoisotopic (exact) mass is 398 g/mol. The van der Waals surface area contributed by atoms with Gasteiger partial charge in [-0.3, -0.25) is 4.79 Å². The Morgan fingerprint density at radius 2 is 2.14 bits per heavy atom. The standard InChI is InChI=1S/C15H15IN2O3/c1-2-5-9-13(16)15(19)18-14(17-9)12-8-20-10-6-3-4-7-11(10)21-12/h3-4,6-7,12H,2,5,8H2,1H3,(H,17,18,19). The van der Waals surface area contributed by atoms with E-state index in [-0.39, 0.29) is 11.7 Å². The molecule has 0 bridgehead atoms. The lowest BCUT2D eigenvalue weighted by molar-refractivity contribution is 0.0846. The number of benzene rings is 1. The van der Waals surface area contributed by atoms with Crippen molar-refractivity contribution in [1.82, 2.24) is 9.97 Å². The van der Waals surface area contributed by atoms with Gasteiger partial charge in [0.1, 0.15) is 6.61 Å². The molecule has 1 aromatic carbocycles. The van der Waals surface area contributed by atoms with Crippen LogP contribution in [0.15, 0.2) is 29.1 Å². The molecule has 1 aromatic heterocycles. The molecule has 0 radical (unpaired) electrons. The third-order valence-corrected chi connectivity index (χ3v) is 4.36. The third-order valence-electron chi connectivity index (χ3n) is 3.25. The second-order valence-electron chi connectivity index (χ2n) is 4.83. The molecule has 1 unspecified atom stereocenters. The normalized spacial score (nSPS) is 16.8. The van der Waals surface area contributed by atoms with E-state index < -0.39 is 0 Å². The van der Waals surface area contributed by atoms with Gasteiger partial charge in [-0.1, -0.05) is 25.5 Å². The molecule has 110 valence electrons. The van der Waals surface area contributed by atoms with Crippen molar-refractivity contribution < 1.29 is 9.47 Å². The number of hydrogen-bond acceptors (Lipinski definition) is 4. The predicted molar refractivity (Wildman–Crippen MR) is 86.9 cm³/mol. The summed E-state index contributed by atoms with van der Waals surface area (Å²) in [5, 5.41) is 0. The third kappa shape index (κ3) is 2.90. The Labute approximate surface area is 135 Å². The van der Waals surface area contributed by atoms with Crippen molar-refractivity contribution in [1.29, 1.82) is 0 Å². The van der Waals surface area contributed by atoms with E-state index in [4.69, 9.17) is 9.47 Å². The summed E-state index contributed by atoms with van der Waals surface area (Å²) in [6.45, 7) is 2.40. The summed E-state index contributed by atoms with van der Waals surface area (Å²) in [7, 11) is 0. The van der Waals surface area contributed by atoms with Crippen molar-refractivity contribution >= 4 is 22.6 Å². The Bertz CT molecular complexity index is 714. The fourth-order valence-corrected chi connectivity index (χ4v) is 2.76. The number of hydrogen-bond donors (Lipinski definition) is 1. The number of rotatable bonds is 3. The van der Waals surface area contributed by atoms with E-state index in [1.807, 2.05) is 46.9 Å². The van der Waals surface area contributed by atoms with E-state index in [0.717, 1.165) is 24.3 Å². The van der Waals surface area contributed by atoms with E-state index in [0.29, 0.717) is 21.8 Å². The SMILES string of the molecule is CCCc1nc(C2COc3ccccc3O2)[nH]c(=O)c1I. The van der Waals surface area contributed by atoms with Crippen LogP contribution < -0.4 is 15.0 Å². The number of para-hydroxylation sites is 2. The van der Waals surface area contributed by atoms with Crippen molar-refractivity contribution in [3.05, 3.63) is 49.7 Å². The van der Waals surface area contributed by atoms with Gasteiger partial charge in [0.15, 0.2) is 23.4 Å². The second kappa shape index (κ2) is 6.05. The van der Waals surface area contributed by atoms with Gasteiger partial charge in [-0.15, -0.1) is 0 Å². The maximum Gasteiger partial charge on any atom is 0.264 e. The lowest BCUT2D eigenvalue weighted by Crippen LogP contribution is -2.28. The van der Waals surface area contributed by atoms with Crippen LogP contribution in [0.1, 0.15) is 31.0 Å². The summed E-state index contributed by atoms with van der Waals surface area (Å²) in [4.78, 5) is 19.4. The topological polar surface area (TPSA) is 64.2 Å². The lowest BCUT2D eigenvalue weighted by atomic mass is 10.2. The molecule has 2 aromatic rings. The van der Waals surface area contributed by atoms with Crippen LogP contribution in [0.25, 0.3) is 0 Å². The van der Waals surface area contributed by atoms with Crippen molar-refractivity contribution in [2.75, 3.05) is 6.61 Å². The van der Waals surface area contributed by atoms with E-state index in [9.17, 15) is 4.79 Å². The molecule has 0 fully saturated rings. The quantitative estimate of drug-likeness (QED) is 0.808. The van der Waals surface area contributed by atoms with Gasteiger partial charge >= 0.3 is 0 Å². The molecule has 0 saturated carbocycles. The van der Waals surface area contributed by atoms with Crippen LogP contribution >= 0.6 is 22.6 Å². The van der Waals surface area contributed by atoms with Gasteiger partial charge in [0.05, 0.1) is 9.26 Å². The van der Waals surface area contributed by atoms with E-state index in [1.165, 1.54) is 0 Å². The molecular formula is C15H15IN2O3. The fourth-order valence-electron chi connectivity index (χ4n) is 2.23. The number of ether oxygens (including phenoxy) is 2. The lowest BCUT2D eigenvalue weighted by Gasteiger charge is -2.25. The Kier molecular flexibility index (Phi) is 4.14. The number of aryl methyl sites for hydroxylation is 1. The van der Waals surface area contributed by atoms with Gasteiger partial charge in [-0.25, -0.2) is 4.98 Å². The molecule has 0 saturated heterocycles. The number of aromatic amines is 1. The van der Waals surface area contributed by atoms with Crippen molar-refractivity contribution in [2.24, 2.45) is 0 Å². The zero-order valence-corrected chi connectivity index (χ0v) is 13.7. The van der Waals surface area contributed by atoms with Gasteiger partial charge in [-0.2, -0.15) is 0 Å². The second-order valence-corrected chi connectivity index (χ2v) is 5.90. The molecule has 1 atom stereocenters. The highest BCUT2D eigenvalue weighted by Crippen LogP contribution is 2.34. The zero-order valence-electron chi connectivity index (χ0n) is 11.6. The predicted octanol–water partition coefficient (Wildman–Crippen LogP) is 2.84. The highest BCUT2D eigenvalue weighted by molar-refractivity contribution is 14.1. The Balaban J connectivity index is 1.93. The smallest absolute Gasteiger partial charge is 0.264 e. The molecule has 5 nitrogen and oxygen atoms in total. The average Bonchev–Trinajstić information content (AvgIpc) is 2.51. The summed E-state index contributed by atoms with van der Waals surface area (Å²) >= 11 is 2.04. The number of fused-ring (bicyclic) bond motifs is 1.